The second-order valence-electron chi connectivity index (χ2n) is 5.60. The molecule has 0 radical (unpaired) electrons. The van der Waals surface area contributed by atoms with Crippen LogP contribution in [0.25, 0.3) is 6.08 Å². The number of phenols is 1. The molecule has 0 bridgehead atoms. The van der Waals surface area contributed by atoms with Gasteiger partial charge >= 0.3 is 0 Å². The normalized spacial score (nSPS) is 17.4. The number of rotatable bonds is 2. The highest BCUT2D eigenvalue weighted by Crippen LogP contribution is 2.35. The van der Waals surface area contributed by atoms with Crippen LogP contribution in [-0.4, -0.2) is 16.2 Å². The van der Waals surface area contributed by atoms with Crippen molar-refractivity contribution in [2.24, 2.45) is 4.99 Å². The zero-order valence-corrected chi connectivity index (χ0v) is 15.8. The van der Waals surface area contributed by atoms with E-state index in [0.717, 1.165) is 16.8 Å². The fourth-order valence-electron chi connectivity index (χ4n) is 2.36. The number of halogens is 2. The van der Waals surface area contributed by atoms with Gasteiger partial charge in [0, 0.05) is 10.6 Å². The van der Waals surface area contributed by atoms with Gasteiger partial charge in [0.1, 0.15) is 5.75 Å². The van der Waals surface area contributed by atoms with Crippen molar-refractivity contribution in [1.82, 2.24) is 5.32 Å². The number of aliphatic imine (C=N–C) groups is 1. The minimum absolute atomic E-state index is 0.119. The van der Waals surface area contributed by atoms with Crippen molar-refractivity contribution in [1.29, 1.82) is 0 Å². The fourth-order valence-corrected chi connectivity index (χ4v) is 3.69. The number of aryl methyl sites for hydroxylation is 2. The Bertz CT molecular complexity index is 939. The molecule has 1 aliphatic heterocycles. The van der Waals surface area contributed by atoms with Crippen molar-refractivity contribution in [2.45, 2.75) is 13.8 Å². The van der Waals surface area contributed by atoms with Gasteiger partial charge in [0.25, 0.3) is 5.91 Å². The summed E-state index contributed by atoms with van der Waals surface area (Å²) in [6, 6.07) is 8.90. The van der Waals surface area contributed by atoms with Gasteiger partial charge in [0.2, 0.25) is 0 Å². The largest absolute Gasteiger partial charge is 0.506 e. The van der Waals surface area contributed by atoms with Gasteiger partial charge in [-0.1, -0.05) is 40.9 Å². The smallest absolute Gasteiger partial charge is 0.264 e. The van der Waals surface area contributed by atoms with Crippen LogP contribution < -0.4 is 5.32 Å². The molecule has 2 N–H and O–H groups in total. The Hall–Kier alpha value is -1.95. The Morgan fingerprint density at radius 2 is 1.96 bits per heavy atom. The first-order valence-electron chi connectivity index (χ1n) is 7.38. The molecule has 1 aliphatic rings. The average Bonchev–Trinajstić information content (AvgIpc) is 2.87. The molecule has 128 valence electrons. The molecular weight excluding hydrogens is 379 g/mol. The highest BCUT2D eigenvalue weighted by molar-refractivity contribution is 8.18. The van der Waals surface area contributed by atoms with E-state index in [1.165, 1.54) is 23.9 Å². The highest BCUT2D eigenvalue weighted by Gasteiger charge is 2.24. The molecule has 0 saturated carbocycles. The summed E-state index contributed by atoms with van der Waals surface area (Å²) in [5.41, 5.74) is 3.35. The van der Waals surface area contributed by atoms with Crippen LogP contribution >= 0.6 is 35.0 Å². The van der Waals surface area contributed by atoms with Crippen LogP contribution in [-0.2, 0) is 4.79 Å². The van der Waals surface area contributed by atoms with Crippen molar-refractivity contribution in [3.05, 3.63) is 62.0 Å². The van der Waals surface area contributed by atoms with E-state index in [2.05, 4.69) is 10.3 Å². The second-order valence-corrected chi connectivity index (χ2v) is 7.47. The lowest BCUT2D eigenvalue weighted by Crippen LogP contribution is -2.19. The molecule has 0 atom stereocenters. The SMILES string of the molecule is Cc1ccc(N=C2NC(=O)/C(=C\c3cc(Cl)cc(Cl)c3O)S2)c(C)c1. The Balaban J connectivity index is 1.91. The topological polar surface area (TPSA) is 61.7 Å². The lowest BCUT2D eigenvalue weighted by Gasteiger charge is -2.03. The number of hydrogen-bond acceptors (Lipinski definition) is 4. The van der Waals surface area contributed by atoms with Crippen LogP contribution in [0, 0.1) is 13.8 Å². The molecule has 0 spiro atoms. The predicted octanol–water partition coefficient (Wildman–Crippen LogP) is 5.21. The number of aromatic hydroxyl groups is 1. The van der Waals surface area contributed by atoms with E-state index in [1.54, 1.807) is 6.07 Å². The molecule has 2 aromatic rings. The Labute approximate surface area is 159 Å². The van der Waals surface area contributed by atoms with Gasteiger partial charge in [-0.05, 0) is 55.4 Å². The van der Waals surface area contributed by atoms with E-state index in [4.69, 9.17) is 23.2 Å². The molecule has 2 aromatic carbocycles. The van der Waals surface area contributed by atoms with Crippen molar-refractivity contribution in [2.75, 3.05) is 0 Å². The maximum Gasteiger partial charge on any atom is 0.264 e. The number of benzene rings is 2. The first-order valence-corrected chi connectivity index (χ1v) is 8.95. The Morgan fingerprint density at radius 1 is 1.20 bits per heavy atom. The fraction of sp³-hybridized carbons (Fsp3) is 0.111. The lowest BCUT2D eigenvalue weighted by atomic mass is 10.1. The van der Waals surface area contributed by atoms with Gasteiger partial charge in [-0.3, -0.25) is 4.79 Å². The lowest BCUT2D eigenvalue weighted by molar-refractivity contribution is -0.115. The second kappa shape index (κ2) is 7.12. The molecule has 1 fully saturated rings. The summed E-state index contributed by atoms with van der Waals surface area (Å²) in [4.78, 5) is 17.1. The van der Waals surface area contributed by atoms with Crippen LogP contribution in [0.3, 0.4) is 0 Å². The maximum absolute atomic E-state index is 12.2. The number of amidine groups is 1. The summed E-state index contributed by atoms with van der Waals surface area (Å²) in [7, 11) is 0. The zero-order valence-electron chi connectivity index (χ0n) is 13.4. The summed E-state index contributed by atoms with van der Waals surface area (Å²) in [6.07, 6.45) is 1.54. The first kappa shape index (κ1) is 17.9. The van der Waals surface area contributed by atoms with Crippen LogP contribution in [0.1, 0.15) is 16.7 Å². The van der Waals surface area contributed by atoms with Gasteiger partial charge in [-0.15, -0.1) is 0 Å². The van der Waals surface area contributed by atoms with Crippen molar-refractivity contribution in [3.8, 4) is 5.75 Å². The third-order valence-electron chi connectivity index (χ3n) is 3.57. The van der Waals surface area contributed by atoms with Crippen LogP contribution in [0.4, 0.5) is 5.69 Å². The zero-order chi connectivity index (χ0) is 18.1. The number of nitrogens with zero attached hydrogens (tertiary/aromatic N) is 1. The first-order chi connectivity index (χ1) is 11.8. The van der Waals surface area contributed by atoms with E-state index in [0.29, 0.717) is 20.7 Å². The van der Waals surface area contributed by atoms with Crippen LogP contribution in [0.15, 0.2) is 40.2 Å². The number of hydrogen-bond donors (Lipinski definition) is 2. The third kappa shape index (κ3) is 4.00. The molecule has 0 aromatic heterocycles. The van der Waals surface area contributed by atoms with Crippen LogP contribution in [0.5, 0.6) is 5.75 Å². The van der Waals surface area contributed by atoms with Gasteiger partial charge < -0.3 is 10.4 Å². The summed E-state index contributed by atoms with van der Waals surface area (Å²) >= 11 is 13.1. The number of carbonyl (C=O) groups is 1. The number of nitrogens with one attached hydrogen (secondary N) is 1. The van der Waals surface area contributed by atoms with E-state index < -0.39 is 0 Å². The molecule has 0 unspecified atom stereocenters. The molecular formula is C18H14Cl2N2O2S. The quantitative estimate of drug-likeness (QED) is 0.689. The molecule has 1 saturated heterocycles. The Morgan fingerprint density at radius 3 is 2.68 bits per heavy atom. The minimum atomic E-state index is -0.288. The maximum atomic E-state index is 12.2. The van der Waals surface area contributed by atoms with Crippen molar-refractivity contribution in [3.63, 3.8) is 0 Å². The van der Waals surface area contributed by atoms with Gasteiger partial charge in [0.15, 0.2) is 5.17 Å². The summed E-state index contributed by atoms with van der Waals surface area (Å²) in [5.74, 6) is -0.407. The minimum Gasteiger partial charge on any atom is -0.506 e. The average molecular weight is 393 g/mol. The van der Waals surface area contributed by atoms with Crippen molar-refractivity contribution >= 4 is 57.8 Å². The number of phenolic OH excluding ortho intramolecular Hbond substituents is 1. The molecule has 4 nitrogen and oxygen atoms in total. The highest BCUT2D eigenvalue weighted by atomic mass is 35.5. The standard InChI is InChI=1S/C18H14Cl2N2O2S/c1-9-3-4-14(10(2)5-9)21-18-22-17(24)15(25-18)7-11-6-12(19)8-13(20)16(11)23/h3-8,23H,1-2H3,(H,21,22,24)/b15-7+. The molecule has 7 heteroatoms. The molecule has 1 heterocycles. The van der Waals surface area contributed by atoms with Gasteiger partial charge in [-0.2, -0.15) is 0 Å². The summed E-state index contributed by atoms with van der Waals surface area (Å²) < 4.78 is 0. The summed E-state index contributed by atoms with van der Waals surface area (Å²) in [6.45, 7) is 3.98. The van der Waals surface area contributed by atoms with Crippen molar-refractivity contribution < 1.29 is 9.90 Å². The van der Waals surface area contributed by atoms with Gasteiger partial charge in [-0.25, -0.2) is 4.99 Å². The number of carbonyl (C=O) groups excluding carboxylic acids is 1. The number of amides is 1. The molecule has 1 amide bonds. The van der Waals surface area contributed by atoms with Gasteiger partial charge in [0.05, 0.1) is 15.6 Å². The number of thioether (sulfide) groups is 1. The predicted molar refractivity (Wildman–Crippen MR) is 105 cm³/mol. The van der Waals surface area contributed by atoms with E-state index in [1.807, 2.05) is 32.0 Å². The van der Waals surface area contributed by atoms with Crippen LogP contribution in [0.2, 0.25) is 10.0 Å². The Kier molecular flexibility index (Phi) is 5.08. The summed E-state index contributed by atoms with van der Waals surface area (Å²) in [5, 5.41) is 13.7. The molecule has 3 rings (SSSR count). The van der Waals surface area contributed by atoms with E-state index in [-0.39, 0.29) is 16.7 Å². The van der Waals surface area contributed by atoms with E-state index in [9.17, 15) is 9.90 Å². The third-order valence-corrected chi connectivity index (χ3v) is 4.99. The monoisotopic (exact) mass is 392 g/mol. The molecule has 0 aliphatic carbocycles. The van der Waals surface area contributed by atoms with E-state index >= 15 is 0 Å². The molecule has 25 heavy (non-hydrogen) atoms.